The number of fused-ring (bicyclic) bond motifs is 1. The van der Waals surface area contributed by atoms with Crippen molar-refractivity contribution < 1.29 is 0 Å². The number of anilines is 1. The zero-order chi connectivity index (χ0) is 9.26. The fourth-order valence-corrected chi connectivity index (χ4v) is 1.91. The van der Waals surface area contributed by atoms with Crippen LogP contribution in [0.25, 0.3) is 0 Å². The van der Waals surface area contributed by atoms with Gasteiger partial charge < -0.3 is 10.2 Å². The Balaban J connectivity index is 2.30. The van der Waals surface area contributed by atoms with Crippen LogP contribution >= 0.6 is 0 Å². The van der Waals surface area contributed by atoms with Crippen LogP contribution < -0.4 is 5.32 Å². The Labute approximate surface area is 79.6 Å². The van der Waals surface area contributed by atoms with E-state index in [1.54, 1.807) is 0 Å². The van der Waals surface area contributed by atoms with Gasteiger partial charge >= 0.3 is 0 Å². The molecule has 2 nitrogen and oxygen atoms in total. The lowest BCUT2D eigenvalue weighted by molar-refractivity contribution is 0.401. The molecule has 1 heterocycles. The van der Waals surface area contributed by atoms with Crippen LogP contribution in [0, 0.1) is 0 Å². The number of rotatable bonds is 2. The van der Waals surface area contributed by atoms with Crippen LogP contribution in [0.4, 0.5) is 5.69 Å². The van der Waals surface area contributed by atoms with Crippen molar-refractivity contribution in [2.75, 3.05) is 26.0 Å². The Morgan fingerprint density at radius 1 is 1.38 bits per heavy atom. The summed E-state index contributed by atoms with van der Waals surface area (Å²) < 4.78 is 0. The summed E-state index contributed by atoms with van der Waals surface area (Å²) in [5.41, 5.74) is 4.31. The summed E-state index contributed by atoms with van der Waals surface area (Å²) in [6.45, 7) is 2.14. The highest BCUT2D eigenvalue weighted by molar-refractivity contribution is 5.58. The van der Waals surface area contributed by atoms with Crippen molar-refractivity contribution in [1.29, 1.82) is 0 Å². The largest absolute Gasteiger partial charge is 0.384 e. The Kier molecular flexibility index (Phi) is 2.23. The molecule has 0 atom stereocenters. The Morgan fingerprint density at radius 2 is 2.23 bits per heavy atom. The van der Waals surface area contributed by atoms with Crippen LogP contribution in [0.2, 0.25) is 0 Å². The molecular formula is C11H16N2. The molecule has 2 heteroatoms. The van der Waals surface area contributed by atoms with Crippen LogP contribution in [0.15, 0.2) is 18.2 Å². The summed E-state index contributed by atoms with van der Waals surface area (Å²) in [5.74, 6) is 0. The molecule has 0 saturated carbocycles. The fourth-order valence-electron chi connectivity index (χ4n) is 1.91. The van der Waals surface area contributed by atoms with Crippen molar-refractivity contribution in [1.82, 2.24) is 4.90 Å². The van der Waals surface area contributed by atoms with Crippen LogP contribution in [0.5, 0.6) is 0 Å². The maximum atomic E-state index is 3.40. The topological polar surface area (TPSA) is 15.3 Å². The van der Waals surface area contributed by atoms with Crippen molar-refractivity contribution in [3.05, 3.63) is 29.3 Å². The average molecular weight is 176 g/mol. The van der Waals surface area contributed by atoms with E-state index in [0.29, 0.717) is 0 Å². The van der Waals surface area contributed by atoms with Crippen LogP contribution in [0.1, 0.15) is 11.1 Å². The van der Waals surface area contributed by atoms with E-state index in [9.17, 15) is 0 Å². The van der Waals surface area contributed by atoms with Gasteiger partial charge in [-0.25, -0.2) is 0 Å². The first-order chi connectivity index (χ1) is 6.27. The molecule has 0 bridgehead atoms. The molecule has 0 spiro atoms. The highest BCUT2D eigenvalue weighted by Gasteiger charge is 2.13. The first-order valence-electron chi connectivity index (χ1n) is 4.77. The minimum absolute atomic E-state index is 1.05. The number of nitrogens with zero attached hydrogens (tertiary/aromatic N) is 1. The zero-order valence-corrected chi connectivity index (χ0v) is 8.30. The smallest absolute Gasteiger partial charge is 0.0376 e. The third-order valence-electron chi connectivity index (χ3n) is 2.45. The minimum Gasteiger partial charge on any atom is -0.384 e. The van der Waals surface area contributed by atoms with Gasteiger partial charge in [0, 0.05) is 18.8 Å². The molecule has 1 N–H and O–H groups in total. The summed E-state index contributed by atoms with van der Waals surface area (Å²) in [5, 5.41) is 3.40. The molecule has 1 aliphatic heterocycles. The van der Waals surface area contributed by atoms with Crippen molar-refractivity contribution >= 4 is 5.69 Å². The molecule has 0 fully saturated rings. The van der Waals surface area contributed by atoms with Gasteiger partial charge in [-0.05, 0) is 37.7 Å². The lowest BCUT2D eigenvalue weighted by Gasteiger charge is -2.12. The molecular weight excluding hydrogens is 160 g/mol. The second kappa shape index (κ2) is 3.38. The third-order valence-corrected chi connectivity index (χ3v) is 2.45. The van der Waals surface area contributed by atoms with E-state index in [0.717, 1.165) is 13.1 Å². The van der Waals surface area contributed by atoms with Crippen LogP contribution in [-0.2, 0) is 13.0 Å². The van der Waals surface area contributed by atoms with Gasteiger partial charge in [0.05, 0.1) is 0 Å². The van der Waals surface area contributed by atoms with E-state index in [1.807, 2.05) is 0 Å². The zero-order valence-electron chi connectivity index (χ0n) is 8.30. The van der Waals surface area contributed by atoms with Crippen LogP contribution in [0.3, 0.4) is 0 Å². The standard InChI is InChI=1S/C11H16N2/c1-13(2)8-9-4-3-5-11-10(9)6-7-12-11/h3-5,12H,6-8H2,1-2H3. The number of hydrogen-bond acceptors (Lipinski definition) is 2. The molecule has 13 heavy (non-hydrogen) atoms. The molecule has 1 aromatic carbocycles. The van der Waals surface area contributed by atoms with Crippen molar-refractivity contribution in [3.63, 3.8) is 0 Å². The van der Waals surface area contributed by atoms with Crippen molar-refractivity contribution in [2.45, 2.75) is 13.0 Å². The van der Waals surface area contributed by atoms with Gasteiger partial charge in [0.1, 0.15) is 0 Å². The van der Waals surface area contributed by atoms with Gasteiger partial charge in [-0.3, -0.25) is 0 Å². The van der Waals surface area contributed by atoms with E-state index < -0.39 is 0 Å². The van der Waals surface area contributed by atoms with Crippen molar-refractivity contribution in [3.8, 4) is 0 Å². The third kappa shape index (κ3) is 1.68. The highest BCUT2D eigenvalue weighted by Crippen LogP contribution is 2.25. The van der Waals surface area contributed by atoms with Gasteiger partial charge in [0.2, 0.25) is 0 Å². The number of nitrogens with one attached hydrogen (secondary N) is 1. The molecule has 1 aromatic rings. The second-order valence-corrected chi connectivity index (χ2v) is 3.86. The molecule has 0 aliphatic carbocycles. The number of benzene rings is 1. The summed E-state index contributed by atoms with van der Waals surface area (Å²) in [4.78, 5) is 2.22. The van der Waals surface area contributed by atoms with Crippen LogP contribution in [-0.4, -0.2) is 25.5 Å². The molecule has 1 aliphatic rings. The lowest BCUT2D eigenvalue weighted by Crippen LogP contribution is -2.11. The van der Waals surface area contributed by atoms with Gasteiger partial charge in [-0.2, -0.15) is 0 Å². The van der Waals surface area contributed by atoms with Gasteiger partial charge in [0.25, 0.3) is 0 Å². The second-order valence-electron chi connectivity index (χ2n) is 3.86. The normalized spacial score (nSPS) is 14.4. The Morgan fingerprint density at radius 3 is 3.00 bits per heavy atom. The van der Waals surface area contributed by atoms with Gasteiger partial charge in [-0.15, -0.1) is 0 Å². The molecule has 70 valence electrons. The summed E-state index contributed by atoms with van der Waals surface area (Å²) in [6.07, 6.45) is 1.18. The average Bonchev–Trinajstić information content (AvgIpc) is 2.51. The molecule has 0 unspecified atom stereocenters. The van der Waals surface area contributed by atoms with E-state index in [4.69, 9.17) is 0 Å². The first kappa shape index (κ1) is 8.57. The predicted octanol–water partition coefficient (Wildman–Crippen LogP) is 1.72. The van der Waals surface area contributed by atoms with Gasteiger partial charge in [0.15, 0.2) is 0 Å². The monoisotopic (exact) mass is 176 g/mol. The summed E-state index contributed by atoms with van der Waals surface area (Å²) in [7, 11) is 4.23. The first-order valence-corrected chi connectivity index (χ1v) is 4.77. The minimum atomic E-state index is 1.05. The molecule has 0 aromatic heterocycles. The maximum absolute atomic E-state index is 3.40. The van der Waals surface area contributed by atoms with E-state index in [1.165, 1.54) is 23.2 Å². The maximum Gasteiger partial charge on any atom is 0.0376 e. The quantitative estimate of drug-likeness (QED) is 0.738. The van der Waals surface area contributed by atoms with E-state index in [2.05, 4.69) is 42.5 Å². The van der Waals surface area contributed by atoms with E-state index in [-0.39, 0.29) is 0 Å². The molecule has 0 saturated heterocycles. The molecule has 2 rings (SSSR count). The number of hydrogen-bond donors (Lipinski definition) is 1. The Hall–Kier alpha value is -1.02. The molecule has 0 radical (unpaired) electrons. The van der Waals surface area contributed by atoms with E-state index >= 15 is 0 Å². The SMILES string of the molecule is CN(C)Cc1cccc2c1CCN2. The summed E-state index contributed by atoms with van der Waals surface area (Å²) in [6, 6.07) is 6.53. The lowest BCUT2D eigenvalue weighted by atomic mass is 10.0. The Bertz CT molecular complexity index is 305. The summed E-state index contributed by atoms with van der Waals surface area (Å²) >= 11 is 0. The fraction of sp³-hybridized carbons (Fsp3) is 0.455. The van der Waals surface area contributed by atoms with Gasteiger partial charge in [-0.1, -0.05) is 12.1 Å². The van der Waals surface area contributed by atoms with Crippen molar-refractivity contribution in [2.24, 2.45) is 0 Å². The molecule has 0 amide bonds. The predicted molar refractivity (Wildman–Crippen MR) is 56.0 cm³/mol. The highest BCUT2D eigenvalue weighted by atomic mass is 15.0.